The molecule has 0 N–H and O–H groups in total. The van der Waals surface area contributed by atoms with Crippen molar-refractivity contribution >= 4 is 11.6 Å². The van der Waals surface area contributed by atoms with E-state index in [-0.39, 0.29) is 11.7 Å². The standard InChI is InChI=1S/C23H28FN3O/c24-21-8-4-5-9-22(21)26-16-14-25(15-17-26)20-10-12-27(13-11-20)23(28)18-19-6-2-1-3-7-19/h1-9,20H,10-18H2. The number of anilines is 1. The minimum atomic E-state index is -0.138. The molecule has 0 aromatic heterocycles. The summed E-state index contributed by atoms with van der Waals surface area (Å²) in [5.41, 5.74) is 1.79. The SMILES string of the molecule is O=C(Cc1ccccc1)N1CCC(N2CCN(c3ccccc3F)CC2)CC1. The first-order valence-electron chi connectivity index (χ1n) is 10.3. The zero-order valence-electron chi connectivity index (χ0n) is 16.3. The Morgan fingerprint density at radius 3 is 2.18 bits per heavy atom. The van der Waals surface area contributed by atoms with E-state index >= 15 is 0 Å². The van der Waals surface area contributed by atoms with Gasteiger partial charge in [0, 0.05) is 45.3 Å². The average molecular weight is 381 g/mol. The molecule has 0 bridgehead atoms. The summed E-state index contributed by atoms with van der Waals surface area (Å²) in [5, 5.41) is 0. The van der Waals surface area contributed by atoms with E-state index in [4.69, 9.17) is 0 Å². The number of amides is 1. The fraction of sp³-hybridized carbons (Fsp3) is 0.435. The van der Waals surface area contributed by atoms with Crippen molar-refractivity contribution in [3.8, 4) is 0 Å². The summed E-state index contributed by atoms with van der Waals surface area (Å²) in [6.45, 7) is 5.30. The molecule has 148 valence electrons. The van der Waals surface area contributed by atoms with E-state index in [1.807, 2.05) is 47.4 Å². The number of likely N-dealkylation sites (tertiary alicyclic amines) is 1. The van der Waals surface area contributed by atoms with Gasteiger partial charge in [0.25, 0.3) is 0 Å². The normalized spacial score (nSPS) is 19.0. The summed E-state index contributed by atoms with van der Waals surface area (Å²) < 4.78 is 14.0. The second-order valence-corrected chi connectivity index (χ2v) is 7.75. The fourth-order valence-electron chi connectivity index (χ4n) is 4.40. The van der Waals surface area contributed by atoms with Crippen LogP contribution in [-0.2, 0) is 11.2 Å². The van der Waals surface area contributed by atoms with Gasteiger partial charge in [-0.05, 0) is 30.5 Å². The zero-order chi connectivity index (χ0) is 19.3. The predicted molar refractivity (Wildman–Crippen MR) is 110 cm³/mol. The average Bonchev–Trinajstić information content (AvgIpc) is 2.75. The van der Waals surface area contributed by atoms with Crippen LogP contribution in [-0.4, -0.2) is 61.0 Å². The van der Waals surface area contributed by atoms with Gasteiger partial charge in [-0.2, -0.15) is 0 Å². The summed E-state index contributed by atoms with van der Waals surface area (Å²) >= 11 is 0. The maximum atomic E-state index is 14.0. The molecular weight excluding hydrogens is 353 g/mol. The lowest BCUT2D eigenvalue weighted by Crippen LogP contribution is -2.54. The van der Waals surface area contributed by atoms with Gasteiger partial charge in [0.15, 0.2) is 0 Å². The molecule has 2 saturated heterocycles. The zero-order valence-corrected chi connectivity index (χ0v) is 16.3. The van der Waals surface area contributed by atoms with Crippen LogP contribution in [0, 0.1) is 5.82 Å². The first-order chi connectivity index (χ1) is 13.7. The molecule has 2 fully saturated rings. The molecule has 0 atom stereocenters. The number of rotatable bonds is 4. The second-order valence-electron chi connectivity index (χ2n) is 7.75. The summed E-state index contributed by atoms with van der Waals surface area (Å²) in [6.07, 6.45) is 2.55. The highest BCUT2D eigenvalue weighted by Gasteiger charge is 2.29. The molecule has 2 aliphatic rings. The minimum absolute atomic E-state index is 0.138. The third-order valence-corrected chi connectivity index (χ3v) is 6.04. The van der Waals surface area contributed by atoms with Crippen molar-refractivity contribution in [2.75, 3.05) is 44.2 Å². The lowest BCUT2D eigenvalue weighted by Gasteiger charge is -2.43. The number of carbonyl (C=O) groups excluding carboxylic acids is 1. The topological polar surface area (TPSA) is 26.8 Å². The fourth-order valence-corrected chi connectivity index (χ4v) is 4.40. The van der Waals surface area contributed by atoms with E-state index in [1.54, 1.807) is 6.07 Å². The molecule has 2 aromatic carbocycles. The van der Waals surface area contributed by atoms with Crippen molar-refractivity contribution in [3.63, 3.8) is 0 Å². The van der Waals surface area contributed by atoms with Gasteiger partial charge in [0.2, 0.25) is 5.91 Å². The first kappa shape index (κ1) is 18.9. The molecule has 0 radical (unpaired) electrons. The van der Waals surface area contributed by atoms with Crippen molar-refractivity contribution in [2.24, 2.45) is 0 Å². The lowest BCUT2D eigenvalue weighted by atomic mass is 10.0. The molecule has 4 rings (SSSR count). The number of hydrogen-bond acceptors (Lipinski definition) is 3. The van der Waals surface area contributed by atoms with Crippen molar-refractivity contribution in [1.29, 1.82) is 0 Å². The number of nitrogens with zero attached hydrogens (tertiary/aromatic N) is 3. The summed E-state index contributed by atoms with van der Waals surface area (Å²) in [6, 6.07) is 17.5. The Balaban J connectivity index is 1.25. The minimum Gasteiger partial charge on any atom is -0.367 e. The van der Waals surface area contributed by atoms with Crippen LogP contribution >= 0.6 is 0 Å². The molecule has 2 aromatic rings. The van der Waals surface area contributed by atoms with Gasteiger partial charge in [-0.15, -0.1) is 0 Å². The van der Waals surface area contributed by atoms with Gasteiger partial charge in [-0.3, -0.25) is 9.69 Å². The molecule has 0 saturated carbocycles. The highest BCUT2D eigenvalue weighted by Crippen LogP contribution is 2.23. The van der Waals surface area contributed by atoms with Crippen LogP contribution in [0.15, 0.2) is 54.6 Å². The van der Waals surface area contributed by atoms with E-state index in [0.29, 0.717) is 18.2 Å². The number of piperidine rings is 1. The van der Waals surface area contributed by atoms with E-state index in [1.165, 1.54) is 6.07 Å². The Morgan fingerprint density at radius 1 is 0.857 bits per heavy atom. The maximum absolute atomic E-state index is 14.0. The Bertz CT molecular complexity index is 781. The van der Waals surface area contributed by atoms with Crippen LogP contribution in [0.2, 0.25) is 0 Å². The molecule has 0 spiro atoms. The molecule has 5 heteroatoms. The van der Waals surface area contributed by atoms with Gasteiger partial charge < -0.3 is 9.80 Å². The van der Waals surface area contributed by atoms with Crippen molar-refractivity contribution < 1.29 is 9.18 Å². The van der Waals surface area contributed by atoms with Crippen molar-refractivity contribution in [2.45, 2.75) is 25.3 Å². The predicted octanol–water partition coefficient (Wildman–Crippen LogP) is 3.18. The quantitative estimate of drug-likeness (QED) is 0.814. The molecule has 2 aliphatic heterocycles. The van der Waals surface area contributed by atoms with Gasteiger partial charge in [0.1, 0.15) is 5.82 Å². The largest absolute Gasteiger partial charge is 0.367 e. The number of carbonyl (C=O) groups is 1. The van der Waals surface area contributed by atoms with Gasteiger partial charge in [-0.25, -0.2) is 4.39 Å². The molecule has 0 unspecified atom stereocenters. The Hall–Kier alpha value is -2.40. The van der Waals surface area contributed by atoms with E-state index < -0.39 is 0 Å². The number of para-hydroxylation sites is 1. The van der Waals surface area contributed by atoms with Crippen molar-refractivity contribution in [3.05, 3.63) is 66.0 Å². The highest BCUT2D eigenvalue weighted by atomic mass is 19.1. The van der Waals surface area contributed by atoms with Crippen LogP contribution in [0.5, 0.6) is 0 Å². The van der Waals surface area contributed by atoms with Crippen LogP contribution in [0.1, 0.15) is 18.4 Å². The second kappa shape index (κ2) is 8.74. The number of halogens is 1. The first-order valence-corrected chi connectivity index (χ1v) is 10.3. The monoisotopic (exact) mass is 381 g/mol. The summed E-state index contributed by atoms with van der Waals surface area (Å²) in [5.74, 6) is 0.0928. The molecule has 2 heterocycles. The number of piperazine rings is 1. The Kier molecular flexibility index (Phi) is 5.91. The van der Waals surface area contributed by atoms with E-state index in [9.17, 15) is 9.18 Å². The third kappa shape index (κ3) is 4.36. The molecular formula is C23H28FN3O. The Morgan fingerprint density at radius 2 is 1.50 bits per heavy atom. The lowest BCUT2D eigenvalue weighted by molar-refractivity contribution is -0.132. The van der Waals surface area contributed by atoms with E-state index in [2.05, 4.69) is 9.80 Å². The maximum Gasteiger partial charge on any atom is 0.226 e. The Labute approximate surface area is 166 Å². The molecule has 1 amide bonds. The molecule has 28 heavy (non-hydrogen) atoms. The van der Waals surface area contributed by atoms with Gasteiger partial charge >= 0.3 is 0 Å². The van der Waals surface area contributed by atoms with Gasteiger partial charge in [0.05, 0.1) is 12.1 Å². The third-order valence-electron chi connectivity index (χ3n) is 6.04. The van der Waals surface area contributed by atoms with Gasteiger partial charge in [-0.1, -0.05) is 42.5 Å². The van der Waals surface area contributed by atoms with Crippen LogP contribution in [0.3, 0.4) is 0 Å². The molecule has 4 nitrogen and oxygen atoms in total. The van der Waals surface area contributed by atoms with Crippen LogP contribution < -0.4 is 4.90 Å². The van der Waals surface area contributed by atoms with Crippen LogP contribution in [0.4, 0.5) is 10.1 Å². The van der Waals surface area contributed by atoms with Crippen LogP contribution in [0.25, 0.3) is 0 Å². The molecule has 0 aliphatic carbocycles. The van der Waals surface area contributed by atoms with E-state index in [0.717, 1.165) is 57.7 Å². The smallest absolute Gasteiger partial charge is 0.226 e. The highest BCUT2D eigenvalue weighted by molar-refractivity contribution is 5.78. The number of benzene rings is 2. The number of hydrogen-bond donors (Lipinski definition) is 0. The van der Waals surface area contributed by atoms with Crippen molar-refractivity contribution in [1.82, 2.24) is 9.80 Å². The summed E-state index contributed by atoms with van der Waals surface area (Å²) in [7, 11) is 0. The summed E-state index contributed by atoms with van der Waals surface area (Å²) in [4.78, 5) is 19.2.